The predicted molar refractivity (Wildman–Crippen MR) is 113 cm³/mol. The molecule has 0 saturated heterocycles. The molecule has 0 spiro atoms. The van der Waals surface area contributed by atoms with Gasteiger partial charge in [-0.2, -0.15) is 0 Å². The van der Waals surface area contributed by atoms with Crippen molar-refractivity contribution in [3.8, 4) is 0 Å². The first kappa shape index (κ1) is 20.0. The number of fused-ring (bicyclic) bond motifs is 2. The minimum absolute atomic E-state index is 0.128. The van der Waals surface area contributed by atoms with Crippen LogP contribution in [-0.4, -0.2) is 22.6 Å². The number of carbonyl (C=O) groups excluding carboxylic acids is 2. The summed E-state index contributed by atoms with van der Waals surface area (Å²) < 4.78 is 0. The number of carboxylic acid groups (broad SMARTS) is 1. The van der Waals surface area contributed by atoms with Crippen LogP contribution in [-0.2, 0) is 4.79 Å². The van der Waals surface area contributed by atoms with E-state index in [1.165, 1.54) is 0 Å². The monoisotopic (exact) mass is 384 g/mol. The molecule has 3 rings (SSSR count). The Hall–Kier alpha value is -3.79. The summed E-state index contributed by atoms with van der Waals surface area (Å²) in [6, 6.07) is 12.1. The maximum absolute atomic E-state index is 12.8. The van der Waals surface area contributed by atoms with Crippen LogP contribution >= 0.6 is 0 Å². The van der Waals surface area contributed by atoms with Gasteiger partial charge in [-0.15, -0.1) is 0 Å². The molecule has 0 atom stereocenters. The lowest BCUT2D eigenvalue weighted by molar-refractivity contribution is -0.131. The summed E-state index contributed by atoms with van der Waals surface area (Å²) >= 11 is 0. The molecule has 1 aliphatic rings. The molecule has 1 N–H and O–H groups in total. The molecule has 0 aromatic heterocycles. The van der Waals surface area contributed by atoms with E-state index in [-0.39, 0.29) is 11.6 Å². The molecule has 0 bridgehead atoms. The van der Waals surface area contributed by atoms with Crippen LogP contribution in [0.4, 0.5) is 0 Å². The van der Waals surface area contributed by atoms with Crippen LogP contribution in [0.2, 0.25) is 0 Å². The summed E-state index contributed by atoms with van der Waals surface area (Å²) in [5.74, 6) is -1.24. The van der Waals surface area contributed by atoms with E-state index in [1.807, 2.05) is 31.2 Å². The van der Waals surface area contributed by atoms with E-state index in [4.69, 9.17) is 5.11 Å². The molecular formula is C25H20O4. The Balaban J connectivity index is 1.81. The molecule has 0 unspecified atom stereocenters. The van der Waals surface area contributed by atoms with Crippen LogP contribution in [0, 0.1) is 0 Å². The van der Waals surface area contributed by atoms with E-state index in [0.29, 0.717) is 27.8 Å². The van der Waals surface area contributed by atoms with Crippen LogP contribution in [0.3, 0.4) is 0 Å². The van der Waals surface area contributed by atoms with Gasteiger partial charge in [0, 0.05) is 28.3 Å². The quantitative estimate of drug-likeness (QED) is 0.496. The molecule has 0 saturated carbocycles. The number of hydrogen-bond donors (Lipinski definition) is 1. The number of aliphatic carboxylic acids is 1. The summed E-state index contributed by atoms with van der Waals surface area (Å²) in [5.41, 5.74) is 4.17. The van der Waals surface area contributed by atoms with Crippen molar-refractivity contribution in [1.82, 2.24) is 0 Å². The average molecular weight is 384 g/mol. The van der Waals surface area contributed by atoms with Crippen molar-refractivity contribution in [2.24, 2.45) is 0 Å². The fourth-order valence-electron chi connectivity index (χ4n) is 3.10. The summed E-state index contributed by atoms with van der Waals surface area (Å²) in [4.78, 5) is 36.0. The number of hydrogen-bond acceptors (Lipinski definition) is 3. The third-order valence-corrected chi connectivity index (χ3v) is 4.56. The summed E-state index contributed by atoms with van der Waals surface area (Å²) in [7, 11) is 0. The van der Waals surface area contributed by atoms with Crippen LogP contribution in [0.25, 0.3) is 6.08 Å². The topological polar surface area (TPSA) is 71.4 Å². The van der Waals surface area contributed by atoms with Gasteiger partial charge in [0.25, 0.3) is 0 Å². The van der Waals surface area contributed by atoms with Crippen LogP contribution in [0.5, 0.6) is 0 Å². The highest BCUT2D eigenvalue weighted by Gasteiger charge is 2.28. The molecule has 29 heavy (non-hydrogen) atoms. The summed E-state index contributed by atoms with van der Waals surface area (Å²) in [6.45, 7) is 3.63. The van der Waals surface area contributed by atoms with Gasteiger partial charge in [0.05, 0.1) is 0 Å². The van der Waals surface area contributed by atoms with Crippen molar-refractivity contribution in [1.29, 1.82) is 0 Å². The van der Waals surface area contributed by atoms with Gasteiger partial charge in [0.2, 0.25) is 0 Å². The van der Waals surface area contributed by atoms with Crippen molar-refractivity contribution in [2.45, 2.75) is 13.8 Å². The Bertz CT molecular complexity index is 1130. The lowest BCUT2D eigenvalue weighted by atomic mass is 9.83. The zero-order valence-corrected chi connectivity index (χ0v) is 16.2. The molecule has 1 aliphatic carbocycles. The highest BCUT2D eigenvalue weighted by molar-refractivity contribution is 6.28. The van der Waals surface area contributed by atoms with Gasteiger partial charge in [-0.25, -0.2) is 4.79 Å². The standard InChI is InChI=1S/C25H20O4/c1-16(6-5-7-17(2)14-23(26)27)10-11-18-12-13-21-22(15-18)25(29)20-9-4-3-8-19(20)24(21)28/h3-15H,1-2H3,(H,26,27)/b7-5+,11-10+,16-6+,17-14+. The van der Waals surface area contributed by atoms with Gasteiger partial charge < -0.3 is 5.11 Å². The van der Waals surface area contributed by atoms with Gasteiger partial charge in [-0.3, -0.25) is 9.59 Å². The second kappa shape index (κ2) is 8.48. The average Bonchev–Trinajstić information content (AvgIpc) is 2.70. The van der Waals surface area contributed by atoms with Gasteiger partial charge in [0.1, 0.15) is 0 Å². The first-order chi connectivity index (χ1) is 13.9. The minimum Gasteiger partial charge on any atom is -0.478 e. The van der Waals surface area contributed by atoms with Gasteiger partial charge >= 0.3 is 5.97 Å². The maximum atomic E-state index is 12.8. The Morgan fingerprint density at radius 1 is 0.828 bits per heavy atom. The molecule has 0 heterocycles. The molecule has 0 amide bonds. The maximum Gasteiger partial charge on any atom is 0.328 e. The van der Waals surface area contributed by atoms with Gasteiger partial charge in [-0.05, 0) is 37.1 Å². The van der Waals surface area contributed by atoms with Crippen LogP contribution < -0.4 is 0 Å². The fourth-order valence-corrected chi connectivity index (χ4v) is 3.10. The van der Waals surface area contributed by atoms with Crippen molar-refractivity contribution in [3.05, 3.63) is 112 Å². The molecule has 4 heteroatoms. The number of allylic oxidation sites excluding steroid dienone is 6. The lowest BCUT2D eigenvalue weighted by Gasteiger charge is -2.17. The first-order valence-corrected chi connectivity index (χ1v) is 9.13. The molecular weight excluding hydrogens is 364 g/mol. The second-order valence-corrected chi connectivity index (χ2v) is 6.84. The zero-order chi connectivity index (χ0) is 21.0. The van der Waals surface area contributed by atoms with Crippen molar-refractivity contribution < 1.29 is 19.5 Å². The molecule has 0 aliphatic heterocycles. The number of rotatable bonds is 5. The third kappa shape index (κ3) is 4.55. The molecule has 2 aromatic carbocycles. The molecule has 0 fully saturated rings. The zero-order valence-electron chi connectivity index (χ0n) is 16.2. The SMILES string of the molecule is CC(/C=C/c1ccc2c(c1)C(=O)c1ccccc1C2=O)=C\C=C\C(C)=C\C(=O)O. The first-order valence-electron chi connectivity index (χ1n) is 9.13. The number of carboxylic acids is 1. The lowest BCUT2D eigenvalue weighted by Crippen LogP contribution is -2.20. The predicted octanol–water partition coefficient (Wildman–Crippen LogP) is 5.01. The Labute approximate surface area is 169 Å². The minimum atomic E-state index is -0.976. The highest BCUT2D eigenvalue weighted by atomic mass is 16.4. The van der Waals surface area contributed by atoms with Crippen molar-refractivity contribution in [3.63, 3.8) is 0 Å². The van der Waals surface area contributed by atoms with E-state index in [2.05, 4.69) is 0 Å². The normalized spacial score (nSPS) is 14.4. The van der Waals surface area contributed by atoms with E-state index >= 15 is 0 Å². The largest absolute Gasteiger partial charge is 0.478 e. The Morgan fingerprint density at radius 2 is 1.45 bits per heavy atom. The van der Waals surface area contributed by atoms with E-state index < -0.39 is 5.97 Å². The molecule has 0 radical (unpaired) electrons. The van der Waals surface area contributed by atoms with Crippen LogP contribution in [0.1, 0.15) is 51.3 Å². The number of carbonyl (C=O) groups is 3. The Morgan fingerprint density at radius 3 is 2.10 bits per heavy atom. The third-order valence-electron chi connectivity index (χ3n) is 4.56. The number of benzene rings is 2. The molecule has 144 valence electrons. The number of ketones is 2. The van der Waals surface area contributed by atoms with Crippen molar-refractivity contribution >= 4 is 23.6 Å². The van der Waals surface area contributed by atoms with E-state index in [1.54, 1.807) is 55.5 Å². The Kier molecular flexibility index (Phi) is 5.84. The summed E-state index contributed by atoms with van der Waals surface area (Å²) in [5, 5.41) is 8.69. The summed E-state index contributed by atoms with van der Waals surface area (Å²) in [6.07, 6.45) is 10.3. The van der Waals surface area contributed by atoms with Crippen molar-refractivity contribution in [2.75, 3.05) is 0 Å². The highest BCUT2D eigenvalue weighted by Crippen LogP contribution is 2.28. The fraction of sp³-hybridized carbons (Fsp3) is 0.0800. The smallest absolute Gasteiger partial charge is 0.328 e. The second-order valence-electron chi connectivity index (χ2n) is 6.84. The van der Waals surface area contributed by atoms with Crippen LogP contribution in [0.15, 0.2) is 84.0 Å². The van der Waals surface area contributed by atoms with Gasteiger partial charge in [0.15, 0.2) is 11.6 Å². The molecule has 2 aromatic rings. The molecule has 4 nitrogen and oxygen atoms in total. The van der Waals surface area contributed by atoms with E-state index in [9.17, 15) is 14.4 Å². The van der Waals surface area contributed by atoms with Gasteiger partial charge in [-0.1, -0.05) is 66.3 Å². The van der Waals surface area contributed by atoms with E-state index in [0.717, 1.165) is 17.2 Å².